The van der Waals surface area contributed by atoms with Crippen molar-refractivity contribution in [3.05, 3.63) is 71.8 Å². The molecule has 1 aliphatic rings. The highest BCUT2D eigenvalue weighted by Gasteiger charge is 2.32. The monoisotopic (exact) mass is 421 g/mol. The van der Waals surface area contributed by atoms with E-state index in [0.717, 1.165) is 40.8 Å². The lowest BCUT2D eigenvalue weighted by atomic mass is 9.84. The molecule has 1 aromatic carbocycles. The SMILES string of the molecule is Cn1c(CNC(=O)C(c2ccccc2)C2CCCC2)nnc1SCc1ccccn1. The molecule has 0 aliphatic heterocycles. The largest absolute Gasteiger partial charge is 0.348 e. The van der Waals surface area contributed by atoms with Crippen LogP contribution in [0, 0.1) is 5.92 Å². The lowest BCUT2D eigenvalue weighted by Crippen LogP contribution is -2.33. The van der Waals surface area contributed by atoms with Gasteiger partial charge in [-0.3, -0.25) is 9.78 Å². The van der Waals surface area contributed by atoms with Crippen molar-refractivity contribution in [2.75, 3.05) is 0 Å². The summed E-state index contributed by atoms with van der Waals surface area (Å²) in [5, 5.41) is 12.5. The molecule has 1 amide bonds. The summed E-state index contributed by atoms with van der Waals surface area (Å²) < 4.78 is 1.95. The van der Waals surface area contributed by atoms with Gasteiger partial charge in [0.2, 0.25) is 5.91 Å². The van der Waals surface area contributed by atoms with Crippen molar-refractivity contribution in [2.45, 2.75) is 49.1 Å². The molecule has 0 saturated heterocycles. The van der Waals surface area contributed by atoms with Gasteiger partial charge in [0.1, 0.15) is 0 Å². The topological polar surface area (TPSA) is 72.7 Å². The van der Waals surface area contributed by atoms with Gasteiger partial charge in [0, 0.05) is 19.0 Å². The van der Waals surface area contributed by atoms with Crippen molar-refractivity contribution in [3.63, 3.8) is 0 Å². The van der Waals surface area contributed by atoms with E-state index in [-0.39, 0.29) is 11.8 Å². The van der Waals surface area contributed by atoms with Gasteiger partial charge in [0.15, 0.2) is 11.0 Å². The first-order valence-corrected chi connectivity index (χ1v) is 11.4. The first kappa shape index (κ1) is 20.6. The second-order valence-corrected chi connectivity index (χ2v) is 8.66. The minimum Gasteiger partial charge on any atom is -0.348 e. The second-order valence-electron chi connectivity index (χ2n) is 7.72. The van der Waals surface area contributed by atoms with Crippen molar-refractivity contribution < 1.29 is 4.79 Å². The van der Waals surface area contributed by atoms with E-state index in [2.05, 4.69) is 32.6 Å². The predicted octanol–water partition coefficient (Wildman–Crippen LogP) is 4.09. The van der Waals surface area contributed by atoms with Crippen LogP contribution in [0.5, 0.6) is 0 Å². The Hall–Kier alpha value is -2.67. The number of hydrogen-bond acceptors (Lipinski definition) is 5. The predicted molar refractivity (Wildman–Crippen MR) is 118 cm³/mol. The highest BCUT2D eigenvalue weighted by molar-refractivity contribution is 7.98. The number of benzene rings is 1. The summed E-state index contributed by atoms with van der Waals surface area (Å²) in [5.41, 5.74) is 2.11. The number of aromatic nitrogens is 4. The van der Waals surface area contributed by atoms with Crippen LogP contribution in [0.2, 0.25) is 0 Å². The highest BCUT2D eigenvalue weighted by atomic mass is 32.2. The Morgan fingerprint density at radius 3 is 2.63 bits per heavy atom. The van der Waals surface area contributed by atoms with Crippen LogP contribution < -0.4 is 5.32 Å². The summed E-state index contributed by atoms with van der Waals surface area (Å²) in [7, 11) is 1.94. The summed E-state index contributed by atoms with van der Waals surface area (Å²) in [5.74, 6) is 1.89. The Bertz CT molecular complexity index is 954. The minimum atomic E-state index is -0.0973. The Balaban J connectivity index is 1.39. The number of nitrogens with zero attached hydrogens (tertiary/aromatic N) is 4. The lowest BCUT2D eigenvalue weighted by Gasteiger charge is -2.23. The molecular formula is C23H27N5OS. The average Bonchev–Trinajstić information content (AvgIpc) is 3.43. The molecule has 1 N–H and O–H groups in total. The Morgan fingerprint density at radius 2 is 1.90 bits per heavy atom. The van der Waals surface area contributed by atoms with Crippen molar-refractivity contribution >= 4 is 17.7 Å². The Morgan fingerprint density at radius 1 is 1.13 bits per heavy atom. The van der Waals surface area contributed by atoms with Crippen molar-refractivity contribution in [3.8, 4) is 0 Å². The van der Waals surface area contributed by atoms with Gasteiger partial charge in [-0.2, -0.15) is 0 Å². The molecule has 4 rings (SSSR count). The van der Waals surface area contributed by atoms with Crippen LogP contribution in [0.25, 0.3) is 0 Å². The zero-order valence-electron chi connectivity index (χ0n) is 17.2. The molecule has 6 nitrogen and oxygen atoms in total. The van der Waals surface area contributed by atoms with Crippen LogP contribution >= 0.6 is 11.8 Å². The lowest BCUT2D eigenvalue weighted by molar-refractivity contribution is -0.124. The maximum Gasteiger partial charge on any atom is 0.228 e. The molecule has 2 heterocycles. The van der Waals surface area contributed by atoms with Crippen LogP contribution in [0.3, 0.4) is 0 Å². The molecule has 1 unspecified atom stereocenters. The van der Waals surface area contributed by atoms with Crippen LogP contribution in [-0.2, 0) is 24.1 Å². The zero-order valence-corrected chi connectivity index (χ0v) is 18.0. The standard InChI is InChI=1S/C23H27N5OS/c1-28-20(26-27-23(28)30-16-19-13-7-8-14-24-19)15-25-22(29)21(18-11-5-6-12-18)17-9-3-2-4-10-17/h2-4,7-10,13-14,18,21H,5-6,11-12,15-16H2,1H3,(H,25,29). The maximum absolute atomic E-state index is 13.2. The highest BCUT2D eigenvalue weighted by Crippen LogP contribution is 2.37. The third kappa shape index (κ3) is 4.90. The van der Waals surface area contributed by atoms with Gasteiger partial charge in [-0.05, 0) is 36.5 Å². The number of rotatable bonds is 8. The summed E-state index contributed by atoms with van der Waals surface area (Å²) in [4.78, 5) is 17.5. The maximum atomic E-state index is 13.2. The van der Waals surface area contributed by atoms with E-state index in [4.69, 9.17) is 0 Å². The van der Waals surface area contributed by atoms with Gasteiger partial charge >= 0.3 is 0 Å². The van der Waals surface area contributed by atoms with Crippen LogP contribution in [0.1, 0.15) is 48.7 Å². The third-order valence-corrected chi connectivity index (χ3v) is 6.79. The normalized spacial score (nSPS) is 15.2. The summed E-state index contributed by atoms with van der Waals surface area (Å²) >= 11 is 1.59. The average molecular weight is 422 g/mol. The quantitative estimate of drug-likeness (QED) is 0.555. The second kappa shape index (κ2) is 9.89. The first-order chi connectivity index (χ1) is 14.7. The molecule has 0 bridgehead atoms. The molecule has 1 fully saturated rings. The van der Waals surface area contributed by atoms with E-state index >= 15 is 0 Å². The molecule has 1 aliphatic carbocycles. The first-order valence-electron chi connectivity index (χ1n) is 10.5. The third-order valence-electron chi connectivity index (χ3n) is 5.73. The van der Waals surface area contributed by atoms with Crippen molar-refractivity contribution in [1.82, 2.24) is 25.1 Å². The van der Waals surface area contributed by atoms with Gasteiger partial charge in [-0.15, -0.1) is 10.2 Å². The fourth-order valence-electron chi connectivity index (χ4n) is 4.11. The molecule has 0 radical (unpaired) electrons. The summed E-state index contributed by atoms with van der Waals surface area (Å²) in [6.07, 6.45) is 6.44. The van der Waals surface area contributed by atoms with Crippen molar-refractivity contribution in [1.29, 1.82) is 0 Å². The molecule has 156 valence electrons. The summed E-state index contributed by atoms with van der Waals surface area (Å²) in [6, 6.07) is 16.0. The summed E-state index contributed by atoms with van der Waals surface area (Å²) in [6.45, 7) is 0.378. The van der Waals surface area contributed by atoms with Gasteiger partial charge < -0.3 is 9.88 Å². The number of thioether (sulfide) groups is 1. The fourth-order valence-corrected chi connectivity index (χ4v) is 4.96. The number of pyridine rings is 1. The van der Waals surface area contributed by atoms with Crippen LogP contribution in [0.15, 0.2) is 59.9 Å². The Labute approximate surface area is 181 Å². The number of hydrogen-bond donors (Lipinski definition) is 1. The molecule has 7 heteroatoms. The van der Waals surface area contributed by atoms with Gasteiger partial charge in [-0.1, -0.05) is 61.0 Å². The van der Waals surface area contributed by atoms with E-state index in [9.17, 15) is 4.79 Å². The van der Waals surface area contributed by atoms with E-state index < -0.39 is 0 Å². The molecule has 2 aromatic heterocycles. The van der Waals surface area contributed by atoms with E-state index in [1.54, 1.807) is 18.0 Å². The molecule has 3 aromatic rings. The number of amides is 1. The van der Waals surface area contributed by atoms with Crippen LogP contribution in [0.4, 0.5) is 0 Å². The van der Waals surface area contributed by atoms with E-state index in [1.165, 1.54) is 12.8 Å². The number of nitrogens with one attached hydrogen (secondary N) is 1. The van der Waals surface area contributed by atoms with E-state index in [0.29, 0.717) is 12.5 Å². The minimum absolute atomic E-state index is 0.0822. The molecular weight excluding hydrogens is 394 g/mol. The fraction of sp³-hybridized carbons (Fsp3) is 0.391. The molecule has 0 spiro atoms. The molecule has 1 atom stereocenters. The van der Waals surface area contributed by atoms with Gasteiger partial charge in [0.25, 0.3) is 0 Å². The van der Waals surface area contributed by atoms with Gasteiger partial charge in [0.05, 0.1) is 18.2 Å². The Kier molecular flexibility index (Phi) is 6.79. The van der Waals surface area contributed by atoms with Crippen LogP contribution in [-0.4, -0.2) is 25.7 Å². The number of carbonyl (C=O) groups is 1. The smallest absolute Gasteiger partial charge is 0.228 e. The zero-order chi connectivity index (χ0) is 20.8. The molecule has 1 saturated carbocycles. The molecule has 30 heavy (non-hydrogen) atoms. The van der Waals surface area contributed by atoms with E-state index in [1.807, 2.05) is 48.0 Å². The van der Waals surface area contributed by atoms with Gasteiger partial charge in [-0.25, -0.2) is 0 Å². The number of carbonyl (C=O) groups excluding carboxylic acids is 1. The van der Waals surface area contributed by atoms with Crippen molar-refractivity contribution in [2.24, 2.45) is 13.0 Å².